The molecule has 0 bridgehead atoms. The lowest BCUT2D eigenvalue weighted by molar-refractivity contribution is 0.278. The second kappa shape index (κ2) is 5.74. The van der Waals surface area contributed by atoms with Gasteiger partial charge in [0.05, 0.1) is 6.67 Å². The fourth-order valence-corrected chi connectivity index (χ4v) is 1.04. The first-order valence-corrected chi connectivity index (χ1v) is 4.48. The molecule has 0 amide bonds. The molecule has 0 aromatic carbocycles. The predicted molar refractivity (Wildman–Crippen MR) is 55.2 cm³/mol. The Morgan fingerprint density at radius 2 is 2.50 bits per heavy atom. The maximum Gasteiger partial charge on any atom is 0.0604 e. The van der Waals surface area contributed by atoms with E-state index in [0.29, 0.717) is 24.0 Å². The van der Waals surface area contributed by atoms with E-state index in [0.717, 1.165) is 0 Å². The van der Waals surface area contributed by atoms with E-state index < -0.39 is 0 Å². The molecule has 1 unspecified atom stereocenters. The van der Waals surface area contributed by atoms with Gasteiger partial charge in [-0.25, -0.2) is 5.43 Å². The number of hydrogen-bond acceptors (Lipinski definition) is 6. The highest BCUT2D eigenvalue weighted by molar-refractivity contribution is 5.23. The van der Waals surface area contributed by atoms with Crippen LogP contribution in [0.3, 0.4) is 0 Å². The van der Waals surface area contributed by atoms with E-state index in [9.17, 15) is 5.21 Å². The summed E-state index contributed by atoms with van der Waals surface area (Å²) >= 11 is 0. The van der Waals surface area contributed by atoms with E-state index in [2.05, 4.69) is 16.3 Å². The molecule has 1 aliphatic carbocycles. The molecular weight excluding hydrogens is 182 g/mol. The van der Waals surface area contributed by atoms with Crippen molar-refractivity contribution in [1.29, 1.82) is 0 Å². The minimum Gasteiger partial charge on any atom is -0.742 e. The lowest BCUT2D eigenvalue weighted by atomic mass is 10.1. The van der Waals surface area contributed by atoms with Crippen LogP contribution in [0.1, 0.15) is 6.42 Å². The molecule has 1 atom stereocenters. The Kier molecular flexibility index (Phi) is 4.57. The molecule has 0 heterocycles. The maximum atomic E-state index is 11.3. The summed E-state index contributed by atoms with van der Waals surface area (Å²) in [5.41, 5.74) is 11.3. The van der Waals surface area contributed by atoms with Crippen molar-refractivity contribution in [3.05, 3.63) is 29.1 Å². The van der Waals surface area contributed by atoms with Crippen molar-refractivity contribution in [3.63, 3.8) is 0 Å². The molecule has 1 aliphatic rings. The Morgan fingerprint density at radius 3 is 3.07 bits per heavy atom. The quantitative estimate of drug-likeness (QED) is 0.261. The highest BCUT2D eigenvalue weighted by Gasteiger charge is 2.03. The van der Waals surface area contributed by atoms with Crippen LogP contribution in [-0.4, -0.2) is 24.9 Å². The van der Waals surface area contributed by atoms with Crippen LogP contribution in [0.25, 0.3) is 0 Å². The number of allylic oxidation sites excluding steroid dienone is 1. The molecule has 5 N–H and O–H groups in total. The van der Waals surface area contributed by atoms with Crippen LogP contribution in [0.15, 0.2) is 23.9 Å². The SMILES string of the molecule is CNCNNN([O-])C1=CCC(N)C=C1. The Labute approximate surface area is 83.3 Å². The van der Waals surface area contributed by atoms with E-state index in [1.54, 1.807) is 25.3 Å². The van der Waals surface area contributed by atoms with Crippen molar-refractivity contribution in [2.45, 2.75) is 12.5 Å². The number of hydrazine groups is 2. The molecule has 0 saturated carbocycles. The molecule has 6 nitrogen and oxygen atoms in total. The van der Waals surface area contributed by atoms with E-state index in [1.807, 2.05) is 0 Å². The average Bonchev–Trinajstić information content (AvgIpc) is 2.19. The fourth-order valence-electron chi connectivity index (χ4n) is 1.04. The van der Waals surface area contributed by atoms with Gasteiger partial charge in [0.25, 0.3) is 0 Å². The number of rotatable bonds is 5. The topological polar surface area (TPSA) is 88.4 Å². The molecule has 80 valence electrons. The highest BCUT2D eigenvalue weighted by atomic mass is 16.5. The Hall–Kier alpha value is -0.920. The van der Waals surface area contributed by atoms with Gasteiger partial charge in [-0.3, -0.25) is 0 Å². The highest BCUT2D eigenvalue weighted by Crippen LogP contribution is 2.10. The summed E-state index contributed by atoms with van der Waals surface area (Å²) in [6, 6.07) is 0.0254. The summed E-state index contributed by atoms with van der Waals surface area (Å²) in [6.07, 6.45) is 6.00. The Balaban J connectivity index is 2.30. The van der Waals surface area contributed by atoms with Crippen LogP contribution in [0.5, 0.6) is 0 Å². The van der Waals surface area contributed by atoms with Gasteiger partial charge in [0.15, 0.2) is 0 Å². The van der Waals surface area contributed by atoms with Gasteiger partial charge in [0.2, 0.25) is 0 Å². The molecule has 14 heavy (non-hydrogen) atoms. The molecule has 0 fully saturated rings. The first-order chi connectivity index (χ1) is 6.74. The Morgan fingerprint density at radius 1 is 1.71 bits per heavy atom. The van der Waals surface area contributed by atoms with Gasteiger partial charge in [-0.15, -0.1) is 0 Å². The van der Waals surface area contributed by atoms with Crippen LogP contribution < -0.4 is 22.0 Å². The van der Waals surface area contributed by atoms with Gasteiger partial charge in [0, 0.05) is 11.7 Å². The summed E-state index contributed by atoms with van der Waals surface area (Å²) in [5.74, 6) is 0. The maximum absolute atomic E-state index is 11.3. The molecule has 0 aromatic heterocycles. The Bertz CT molecular complexity index is 228. The van der Waals surface area contributed by atoms with Crippen LogP contribution >= 0.6 is 0 Å². The normalized spacial score (nSPS) is 20.8. The lowest BCUT2D eigenvalue weighted by Gasteiger charge is -2.33. The van der Waals surface area contributed by atoms with Crippen molar-refractivity contribution in [1.82, 2.24) is 21.4 Å². The van der Waals surface area contributed by atoms with E-state index in [-0.39, 0.29) is 6.04 Å². The number of nitrogens with two attached hydrogens (primary N) is 1. The van der Waals surface area contributed by atoms with Gasteiger partial charge in [-0.2, -0.15) is 5.53 Å². The largest absolute Gasteiger partial charge is 0.742 e. The van der Waals surface area contributed by atoms with Crippen LogP contribution in [0.4, 0.5) is 0 Å². The molecule has 1 rings (SSSR count). The van der Waals surface area contributed by atoms with Crippen molar-refractivity contribution in [2.75, 3.05) is 13.7 Å². The summed E-state index contributed by atoms with van der Waals surface area (Å²) in [4.78, 5) is 0. The van der Waals surface area contributed by atoms with Gasteiger partial charge in [0.1, 0.15) is 0 Å². The molecule has 0 aromatic rings. The minimum absolute atomic E-state index is 0.0254. The van der Waals surface area contributed by atoms with Gasteiger partial charge in [-0.1, -0.05) is 12.2 Å². The van der Waals surface area contributed by atoms with E-state index in [4.69, 9.17) is 5.73 Å². The molecule has 6 heteroatoms. The third-order valence-electron chi connectivity index (χ3n) is 1.79. The van der Waals surface area contributed by atoms with Crippen molar-refractivity contribution in [3.8, 4) is 0 Å². The summed E-state index contributed by atoms with van der Waals surface area (Å²) in [7, 11) is 1.78. The standard InChI is InChI=1S/C8H16N5O/c1-10-6-11-12-13(14)8-4-2-7(9)3-5-8/h2,4-5,7,10-12H,3,6,9H2,1H3/q-1. The van der Waals surface area contributed by atoms with E-state index >= 15 is 0 Å². The third kappa shape index (κ3) is 3.44. The van der Waals surface area contributed by atoms with E-state index in [1.165, 1.54) is 0 Å². The minimum atomic E-state index is 0.0254. The third-order valence-corrected chi connectivity index (χ3v) is 1.79. The molecule has 0 radical (unpaired) electrons. The average molecular weight is 198 g/mol. The smallest absolute Gasteiger partial charge is 0.0604 e. The van der Waals surface area contributed by atoms with Crippen LogP contribution in [0.2, 0.25) is 0 Å². The molecule has 0 aliphatic heterocycles. The summed E-state index contributed by atoms with van der Waals surface area (Å²) in [5, 5.41) is 14.8. The zero-order valence-electron chi connectivity index (χ0n) is 8.16. The fraction of sp³-hybridized carbons (Fsp3) is 0.500. The first kappa shape index (κ1) is 11.2. The number of hydroxylamine groups is 1. The first-order valence-electron chi connectivity index (χ1n) is 4.48. The molecule has 0 spiro atoms. The number of nitrogens with one attached hydrogen (secondary N) is 3. The molecular formula is C8H16N5O-. The number of nitrogens with zero attached hydrogens (tertiary/aromatic N) is 1. The van der Waals surface area contributed by atoms with Crippen molar-refractivity contribution in [2.24, 2.45) is 5.73 Å². The predicted octanol–water partition coefficient (Wildman–Crippen LogP) is -0.857. The van der Waals surface area contributed by atoms with Gasteiger partial charge in [-0.05, 0) is 19.5 Å². The van der Waals surface area contributed by atoms with Crippen LogP contribution in [-0.2, 0) is 0 Å². The zero-order chi connectivity index (χ0) is 10.4. The van der Waals surface area contributed by atoms with Crippen LogP contribution in [0, 0.1) is 5.21 Å². The monoisotopic (exact) mass is 198 g/mol. The number of hydrogen-bond donors (Lipinski definition) is 4. The van der Waals surface area contributed by atoms with Gasteiger partial charge >= 0.3 is 0 Å². The van der Waals surface area contributed by atoms with Gasteiger partial charge < -0.3 is 21.4 Å². The lowest BCUT2D eigenvalue weighted by Crippen LogP contribution is -2.46. The molecule has 0 saturated heterocycles. The summed E-state index contributed by atoms with van der Waals surface area (Å²) < 4.78 is 0. The van der Waals surface area contributed by atoms with Crippen molar-refractivity contribution >= 4 is 0 Å². The zero-order valence-corrected chi connectivity index (χ0v) is 8.16. The summed E-state index contributed by atoms with van der Waals surface area (Å²) in [6.45, 7) is 0.509. The second-order valence-corrected chi connectivity index (χ2v) is 3.00. The van der Waals surface area contributed by atoms with Crippen molar-refractivity contribution < 1.29 is 0 Å². The second-order valence-electron chi connectivity index (χ2n) is 3.00.